The molecule has 0 heterocycles. The van der Waals surface area contributed by atoms with Gasteiger partial charge in [0.15, 0.2) is 0 Å². The van der Waals surface area contributed by atoms with Crippen LogP contribution in [0.25, 0.3) is 0 Å². The molecule has 0 aliphatic heterocycles. The third-order valence-electron chi connectivity index (χ3n) is 3.65. The third kappa shape index (κ3) is 8.54. The van der Waals surface area contributed by atoms with Gasteiger partial charge in [-0.25, -0.2) is 4.79 Å². The van der Waals surface area contributed by atoms with E-state index >= 15 is 0 Å². The highest BCUT2D eigenvalue weighted by Crippen LogP contribution is 2.01. The maximum absolute atomic E-state index is 12.3. The van der Waals surface area contributed by atoms with Gasteiger partial charge in [-0.15, -0.1) is 0 Å². The summed E-state index contributed by atoms with van der Waals surface area (Å²) in [6.07, 6.45) is -0.853. The molecule has 0 aliphatic rings. The molecule has 4 unspecified atom stereocenters. The zero-order valence-corrected chi connectivity index (χ0v) is 16.3. The van der Waals surface area contributed by atoms with Crippen molar-refractivity contribution in [2.75, 3.05) is 12.4 Å². The second-order valence-corrected chi connectivity index (χ2v) is 6.62. The largest absolute Gasteiger partial charge is 0.481 e. The molecule has 0 rings (SSSR count). The van der Waals surface area contributed by atoms with Crippen LogP contribution in [0.15, 0.2) is 0 Å². The van der Waals surface area contributed by atoms with Crippen molar-refractivity contribution in [2.45, 2.75) is 44.4 Å². The summed E-state index contributed by atoms with van der Waals surface area (Å²) in [5.74, 6) is -6.18. The average molecular weight is 422 g/mol. The molecule has 0 aromatic carbocycles. The Morgan fingerprint density at radius 3 is 1.75 bits per heavy atom. The van der Waals surface area contributed by atoms with Gasteiger partial charge in [0, 0.05) is 5.75 Å². The number of aliphatic carboxylic acids is 2. The highest BCUT2D eigenvalue weighted by atomic mass is 32.1. The topological polar surface area (TPSA) is 208 Å². The minimum absolute atomic E-state index is 0.248. The van der Waals surface area contributed by atoms with Crippen molar-refractivity contribution in [2.24, 2.45) is 11.7 Å². The van der Waals surface area contributed by atoms with Crippen molar-refractivity contribution in [3.63, 3.8) is 0 Å². The highest BCUT2D eigenvalue weighted by molar-refractivity contribution is 7.80. The summed E-state index contributed by atoms with van der Waals surface area (Å²) in [6.45, 7) is 2.51. The SMILES string of the molecule is CC(C)C(N)C(=O)NC(CO)C(=O)NC(CC(=O)O)C(=O)NC(CS)C(=O)O. The van der Waals surface area contributed by atoms with E-state index in [4.69, 9.17) is 15.9 Å². The number of thiol groups is 1. The molecule has 0 bridgehead atoms. The van der Waals surface area contributed by atoms with Crippen LogP contribution in [0.5, 0.6) is 0 Å². The van der Waals surface area contributed by atoms with E-state index in [1.165, 1.54) is 0 Å². The Morgan fingerprint density at radius 1 is 0.893 bits per heavy atom. The fourth-order valence-electron chi connectivity index (χ4n) is 1.88. The molecule has 12 nitrogen and oxygen atoms in total. The van der Waals surface area contributed by atoms with E-state index in [1.807, 2.05) is 5.32 Å². The Labute approximate surface area is 166 Å². The smallest absolute Gasteiger partial charge is 0.327 e. The Morgan fingerprint density at radius 2 is 1.36 bits per heavy atom. The van der Waals surface area contributed by atoms with Crippen molar-refractivity contribution in [3.05, 3.63) is 0 Å². The Hall–Kier alpha value is -2.38. The summed E-state index contributed by atoms with van der Waals surface area (Å²) in [5.41, 5.74) is 5.65. The van der Waals surface area contributed by atoms with Crippen LogP contribution in [0.3, 0.4) is 0 Å². The standard InChI is InChI=1S/C15H26N4O8S/c1-6(2)11(16)14(25)18-8(4-20)13(24)17-7(3-10(21)22)12(23)19-9(5-28)15(26)27/h6-9,11,20,28H,3-5,16H2,1-2H3,(H,17,24)(H,18,25)(H,19,23)(H,21,22)(H,26,27). The van der Waals surface area contributed by atoms with E-state index in [0.29, 0.717) is 0 Å². The van der Waals surface area contributed by atoms with Gasteiger partial charge in [0.1, 0.15) is 18.1 Å². The Balaban J connectivity index is 5.21. The second-order valence-electron chi connectivity index (χ2n) is 6.25. The van der Waals surface area contributed by atoms with E-state index in [0.717, 1.165) is 0 Å². The van der Waals surface area contributed by atoms with E-state index < -0.39 is 66.9 Å². The highest BCUT2D eigenvalue weighted by Gasteiger charge is 2.31. The summed E-state index contributed by atoms with van der Waals surface area (Å²) >= 11 is 3.77. The van der Waals surface area contributed by atoms with Crippen LogP contribution in [0.4, 0.5) is 0 Å². The van der Waals surface area contributed by atoms with Crippen LogP contribution in [-0.2, 0) is 24.0 Å². The van der Waals surface area contributed by atoms with Gasteiger partial charge in [-0.3, -0.25) is 19.2 Å². The number of nitrogens with one attached hydrogen (secondary N) is 3. The van der Waals surface area contributed by atoms with Crippen LogP contribution in [-0.4, -0.2) is 81.5 Å². The molecule has 0 aromatic rings. The van der Waals surface area contributed by atoms with Gasteiger partial charge in [-0.2, -0.15) is 12.6 Å². The average Bonchev–Trinajstić information content (AvgIpc) is 2.61. The number of carboxylic acids is 2. The normalized spacial score (nSPS) is 15.1. The number of hydrogen-bond donors (Lipinski definition) is 8. The molecule has 3 amide bonds. The van der Waals surface area contributed by atoms with E-state index in [9.17, 15) is 29.1 Å². The van der Waals surface area contributed by atoms with Crippen LogP contribution in [0, 0.1) is 5.92 Å². The molecule has 0 saturated heterocycles. The first kappa shape index (κ1) is 25.6. The number of hydrogen-bond acceptors (Lipinski definition) is 8. The minimum atomic E-state index is -1.64. The molecule has 28 heavy (non-hydrogen) atoms. The van der Waals surface area contributed by atoms with E-state index in [1.54, 1.807) is 13.8 Å². The second kappa shape index (κ2) is 12.2. The predicted molar refractivity (Wildman–Crippen MR) is 99.4 cm³/mol. The molecule has 4 atom stereocenters. The van der Waals surface area contributed by atoms with E-state index in [2.05, 4.69) is 23.3 Å². The molecule has 8 N–H and O–H groups in total. The predicted octanol–water partition coefficient (Wildman–Crippen LogP) is -3.09. The van der Waals surface area contributed by atoms with Gasteiger partial charge in [-0.1, -0.05) is 13.8 Å². The fourth-order valence-corrected chi connectivity index (χ4v) is 2.13. The number of rotatable bonds is 12. The van der Waals surface area contributed by atoms with Crippen LogP contribution >= 0.6 is 12.6 Å². The quantitative estimate of drug-likeness (QED) is 0.150. The number of carboxylic acid groups (broad SMARTS) is 2. The van der Waals surface area contributed by atoms with Gasteiger partial charge < -0.3 is 37.0 Å². The monoisotopic (exact) mass is 422 g/mol. The summed E-state index contributed by atoms with van der Waals surface area (Å²) in [6, 6.07) is -5.48. The molecular formula is C15H26N4O8S. The number of aliphatic hydroxyl groups is 1. The van der Waals surface area contributed by atoms with Gasteiger partial charge in [0.25, 0.3) is 0 Å². The lowest BCUT2D eigenvalue weighted by Crippen LogP contribution is -2.59. The maximum atomic E-state index is 12.3. The molecule has 160 valence electrons. The first-order chi connectivity index (χ1) is 12.9. The number of amides is 3. The van der Waals surface area contributed by atoms with Crippen molar-refractivity contribution in [1.29, 1.82) is 0 Å². The van der Waals surface area contributed by atoms with Crippen LogP contribution in [0.2, 0.25) is 0 Å². The lowest BCUT2D eigenvalue weighted by atomic mass is 10.0. The fraction of sp³-hybridized carbons (Fsp3) is 0.667. The molecule has 0 spiro atoms. The molecule has 0 radical (unpaired) electrons. The van der Waals surface area contributed by atoms with E-state index in [-0.39, 0.29) is 11.7 Å². The van der Waals surface area contributed by atoms with Gasteiger partial charge >= 0.3 is 11.9 Å². The lowest BCUT2D eigenvalue weighted by Gasteiger charge is -2.24. The Bertz CT molecular complexity index is 601. The Kier molecular flexibility index (Phi) is 11.1. The first-order valence-electron chi connectivity index (χ1n) is 8.27. The zero-order valence-electron chi connectivity index (χ0n) is 15.4. The molecule has 0 saturated carbocycles. The van der Waals surface area contributed by atoms with Crippen molar-refractivity contribution < 1.29 is 39.3 Å². The third-order valence-corrected chi connectivity index (χ3v) is 4.01. The van der Waals surface area contributed by atoms with Crippen molar-refractivity contribution in [3.8, 4) is 0 Å². The summed E-state index contributed by atoms with van der Waals surface area (Å²) in [5, 5.41) is 33.5. The number of nitrogens with two attached hydrogens (primary N) is 1. The molecule has 13 heteroatoms. The summed E-state index contributed by atoms with van der Waals surface area (Å²) in [4.78, 5) is 58.3. The van der Waals surface area contributed by atoms with Gasteiger partial charge in [0.05, 0.1) is 19.1 Å². The van der Waals surface area contributed by atoms with Gasteiger partial charge in [-0.05, 0) is 5.92 Å². The maximum Gasteiger partial charge on any atom is 0.327 e. The lowest BCUT2D eigenvalue weighted by molar-refractivity contribution is -0.143. The van der Waals surface area contributed by atoms with Crippen LogP contribution < -0.4 is 21.7 Å². The molecule has 0 aromatic heterocycles. The summed E-state index contributed by atoms with van der Waals surface area (Å²) < 4.78 is 0. The van der Waals surface area contributed by atoms with Gasteiger partial charge in [0.2, 0.25) is 17.7 Å². The molecule has 0 aliphatic carbocycles. The first-order valence-corrected chi connectivity index (χ1v) is 8.90. The molecular weight excluding hydrogens is 396 g/mol. The molecule has 0 fully saturated rings. The zero-order chi connectivity index (χ0) is 22.0. The van der Waals surface area contributed by atoms with Crippen molar-refractivity contribution >= 4 is 42.3 Å². The number of carbonyl (C=O) groups excluding carboxylic acids is 3. The summed E-state index contributed by atoms with van der Waals surface area (Å²) in [7, 11) is 0. The minimum Gasteiger partial charge on any atom is -0.481 e. The van der Waals surface area contributed by atoms with Crippen LogP contribution in [0.1, 0.15) is 20.3 Å². The van der Waals surface area contributed by atoms with Crippen molar-refractivity contribution in [1.82, 2.24) is 16.0 Å². The number of aliphatic hydroxyl groups excluding tert-OH is 1. The number of carbonyl (C=O) groups is 5.